The lowest BCUT2D eigenvalue weighted by atomic mass is 10.2. The molecule has 1 aromatic carbocycles. The molecule has 0 aliphatic heterocycles. The normalized spacial score (nSPS) is 10.4. The van der Waals surface area contributed by atoms with Crippen molar-refractivity contribution in [3.05, 3.63) is 65.2 Å². The molecule has 0 saturated carbocycles. The first kappa shape index (κ1) is 15.5. The maximum absolute atomic E-state index is 12.0. The van der Waals surface area contributed by atoms with E-state index in [2.05, 4.69) is 13.2 Å². The molecule has 0 atom stereocenters. The summed E-state index contributed by atoms with van der Waals surface area (Å²) in [5.74, 6) is -0.143. The van der Waals surface area contributed by atoms with Crippen molar-refractivity contribution in [1.82, 2.24) is 4.90 Å². The zero-order valence-corrected chi connectivity index (χ0v) is 12.0. The average molecular weight is 296 g/mol. The number of benzene rings is 1. The predicted octanol–water partition coefficient (Wildman–Crippen LogP) is 4.21. The first-order chi connectivity index (χ1) is 9.10. The van der Waals surface area contributed by atoms with E-state index in [1.807, 2.05) is 0 Å². The summed E-state index contributed by atoms with van der Waals surface area (Å²) in [5.41, 5.74) is 0.635. The highest BCUT2D eigenvalue weighted by Crippen LogP contribution is 2.25. The Morgan fingerprint density at radius 3 is 2.16 bits per heavy atom. The Labute approximate surface area is 123 Å². The van der Waals surface area contributed by atoms with Crippen LogP contribution in [-0.4, -0.2) is 23.9 Å². The highest BCUT2D eigenvalue weighted by Gasteiger charge is 2.07. The molecule has 0 unspecified atom stereocenters. The fourth-order valence-corrected chi connectivity index (χ4v) is 2.02. The third-order valence-electron chi connectivity index (χ3n) is 2.40. The molecule has 0 saturated heterocycles. The van der Waals surface area contributed by atoms with Crippen molar-refractivity contribution < 1.29 is 4.79 Å². The predicted molar refractivity (Wildman–Crippen MR) is 82.5 cm³/mol. The van der Waals surface area contributed by atoms with Gasteiger partial charge in [0, 0.05) is 34.8 Å². The van der Waals surface area contributed by atoms with E-state index in [9.17, 15) is 4.79 Å². The largest absolute Gasteiger partial charge is 0.332 e. The molecular weight excluding hydrogens is 281 g/mol. The Morgan fingerprint density at radius 1 is 1.16 bits per heavy atom. The van der Waals surface area contributed by atoms with Crippen molar-refractivity contribution >= 4 is 35.2 Å². The molecule has 0 aliphatic carbocycles. The van der Waals surface area contributed by atoms with Gasteiger partial charge in [-0.3, -0.25) is 4.79 Å². The fourth-order valence-electron chi connectivity index (χ4n) is 1.50. The molecule has 0 radical (unpaired) electrons. The van der Waals surface area contributed by atoms with E-state index in [-0.39, 0.29) is 5.91 Å². The summed E-state index contributed by atoms with van der Waals surface area (Å²) in [4.78, 5) is 13.6. The van der Waals surface area contributed by atoms with Gasteiger partial charge in [-0.1, -0.05) is 41.4 Å². The van der Waals surface area contributed by atoms with Crippen LogP contribution in [0.3, 0.4) is 0 Å². The zero-order valence-electron chi connectivity index (χ0n) is 10.5. The van der Waals surface area contributed by atoms with Crippen molar-refractivity contribution in [1.29, 1.82) is 0 Å². The van der Waals surface area contributed by atoms with Crippen LogP contribution in [0.4, 0.5) is 0 Å². The van der Waals surface area contributed by atoms with Gasteiger partial charge < -0.3 is 4.90 Å². The molecule has 100 valence electrons. The Morgan fingerprint density at radius 2 is 1.68 bits per heavy atom. The molecule has 1 amide bonds. The Hall–Kier alpha value is -1.51. The molecule has 0 fully saturated rings. The minimum absolute atomic E-state index is 0.143. The summed E-state index contributed by atoms with van der Waals surface area (Å²) in [6, 6.07) is 5.21. The lowest BCUT2D eigenvalue weighted by molar-refractivity contribution is -0.124. The van der Waals surface area contributed by atoms with E-state index in [0.717, 1.165) is 0 Å². The average Bonchev–Trinajstić information content (AvgIpc) is 2.37. The molecule has 2 nitrogen and oxygen atoms in total. The Kier molecular flexibility index (Phi) is 6.40. The van der Waals surface area contributed by atoms with Crippen molar-refractivity contribution in [2.24, 2.45) is 0 Å². The van der Waals surface area contributed by atoms with Crippen LogP contribution in [0.2, 0.25) is 10.0 Å². The molecule has 1 aromatic rings. The van der Waals surface area contributed by atoms with Gasteiger partial charge in [-0.15, -0.1) is 13.2 Å². The van der Waals surface area contributed by atoms with Crippen molar-refractivity contribution in [2.45, 2.75) is 0 Å². The van der Waals surface area contributed by atoms with Gasteiger partial charge in [0.05, 0.1) is 0 Å². The number of rotatable bonds is 6. The van der Waals surface area contributed by atoms with Gasteiger partial charge in [0.1, 0.15) is 0 Å². The van der Waals surface area contributed by atoms with Crippen molar-refractivity contribution in [2.75, 3.05) is 13.1 Å². The summed E-state index contributed by atoms with van der Waals surface area (Å²) < 4.78 is 0. The fraction of sp³-hybridized carbons (Fsp3) is 0.133. The van der Waals surface area contributed by atoms with Gasteiger partial charge in [0.25, 0.3) is 0 Å². The number of hydrogen-bond acceptors (Lipinski definition) is 1. The maximum atomic E-state index is 12.0. The van der Waals surface area contributed by atoms with Gasteiger partial charge >= 0.3 is 0 Å². The highest BCUT2D eigenvalue weighted by atomic mass is 35.5. The van der Waals surface area contributed by atoms with Crippen LogP contribution in [0.5, 0.6) is 0 Å². The second kappa shape index (κ2) is 7.82. The number of carbonyl (C=O) groups excluding carboxylic acids is 1. The first-order valence-electron chi connectivity index (χ1n) is 5.73. The molecule has 0 bridgehead atoms. The number of halogens is 2. The second-order valence-corrected chi connectivity index (χ2v) is 4.60. The van der Waals surface area contributed by atoms with Crippen molar-refractivity contribution in [3.8, 4) is 0 Å². The summed E-state index contributed by atoms with van der Waals surface area (Å²) in [5, 5.41) is 1.02. The lowest BCUT2D eigenvalue weighted by Crippen LogP contribution is -2.29. The third-order valence-corrected chi connectivity index (χ3v) is 3.06. The van der Waals surface area contributed by atoms with Crippen molar-refractivity contribution in [3.63, 3.8) is 0 Å². The number of hydrogen-bond donors (Lipinski definition) is 0. The van der Waals surface area contributed by atoms with E-state index in [0.29, 0.717) is 28.7 Å². The van der Waals surface area contributed by atoms with Gasteiger partial charge in [-0.2, -0.15) is 0 Å². The quantitative estimate of drug-likeness (QED) is 0.569. The van der Waals surface area contributed by atoms with Crippen LogP contribution >= 0.6 is 23.2 Å². The molecular formula is C15H15Cl2NO. The highest BCUT2D eigenvalue weighted by molar-refractivity contribution is 6.37. The monoisotopic (exact) mass is 295 g/mol. The number of carbonyl (C=O) groups is 1. The summed E-state index contributed by atoms with van der Waals surface area (Å²) in [6.45, 7) is 8.16. The number of nitrogens with zero attached hydrogens (tertiary/aromatic N) is 1. The molecule has 0 aliphatic rings. The van der Waals surface area contributed by atoms with Gasteiger partial charge in [-0.05, 0) is 18.2 Å². The smallest absolute Gasteiger partial charge is 0.247 e. The Balaban J connectivity index is 2.87. The van der Waals surface area contributed by atoms with E-state index >= 15 is 0 Å². The molecule has 1 rings (SSSR count). The van der Waals surface area contributed by atoms with Crippen LogP contribution in [0.25, 0.3) is 6.08 Å². The van der Waals surface area contributed by atoms with E-state index < -0.39 is 0 Å². The second-order valence-electron chi connectivity index (χ2n) is 3.79. The lowest BCUT2D eigenvalue weighted by Gasteiger charge is -2.16. The van der Waals surface area contributed by atoms with Crippen LogP contribution in [0.1, 0.15) is 5.56 Å². The number of amides is 1. The summed E-state index contributed by atoms with van der Waals surface area (Å²) in [7, 11) is 0. The molecule has 0 aromatic heterocycles. The molecule has 0 N–H and O–H groups in total. The minimum atomic E-state index is -0.143. The molecule has 0 heterocycles. The molecule has 19 heavy (non-hydrogen) atoms. The van der Waals surface area contributed by atoms with Crippen LogP contribution in [0.15, 0.2) is 49.6 Å². The first-order valence-corrected chi connectivity index (χ1v) is 6.48. The summed E-state index contributed by atoms with van der Waals surface area (Å²) >= 11 is 12.0. The van der Waals surface area contributed by atoms with Gasteiger partial charge in [-0.25, -0.2) is 0 Å². The SMILES string of the molecule is C=CCN(CC=C)C(=O)/C=C/c1c(Cl)cccc1Cl. The summed E-state index contributed by atoms with van der Waals surface area (Å²) in [6.07, 6.45) is 6.39. The zero-order chi connectivity index (χ0) is 14.3. The van der Waals surface area contributed by atoms with Crippen LogP contribution in [-0.2, 0) is 4.79 Å². The van der Waals surface area contributed by atoms with Gasteiger partial charge in [0.15, 0.2) is 0 Å². The minimum Gasteiger partial charge on any atom is -0.332 e. The van der Waals surface area contributed by atoms with E-state index in [4.69, 9.17) is 23.2 Å². The Bertz CT molecular complexity index is 479. The topological polar surface area (TPSA) is 20.3 Å². The standard InChI is InChI=1S/C15H15Cl2NO/c1-3-10-18(11-4-2)15(19)9-8-12-13(16)6-5-7-14(12)17/h3-9H,1-2,10-11H2/b9-8+. The van der Waals surface area contributed by atoms with Gasteiger partial charge in [0.2, 0.25) is 5.91 Å². The molecule has 4 heteroatoms. The van der Waals surface area contributed by atoms with Crippen LogP contribution in [0, 0.1) is 0 Å². The van der Waals surface area contributed by atoms with E-state index in [1.54, 1.807) is 41.3 Å². The maximum Gasteiger partial charge on any atom is 0.247 e. The third kappa shape index (κ3) is 4.58. The molecule has 0 spiro atoms. The van der Waals surface area contributed by atoms with Crippen LogP contribution < -0.4 is 0 Å². The van der Waals surface area contributed by atoms with E-state index in [1.165, 1.54) is 6.08 Å².